The molecule has 0 spiro atoms. The smallest absolute Gasteiger partial charge is 0.221 e. The number of hydrogen-bond donors (Lipinski definition) is 1. The Bertz CT molecular complexity index is 389. The van der Waals surface area contributed by atoms with Gasteiger partial charge in [-0.2, -0.15) is 0 Å². The number of nitroso groups, excluding NO2 is 1. The van der Waals surface area contributed by atoms with E-state index in [0.717, 1.165) is 24.8 Å². The van der Waals surface area contributed by atoms with Crippen LogP contribution in [0.25, 0.3) is 0 Å². The molecule has 1 N–H and O–H groups in total. The summed E-state index contributed by atoms with van der Waals surface area (Å²) < 4.78 is 0. The SMILES string of the molecule is CCCCc1ccc(NC(C)=O)c(N=O)c1. The van der Waals surface area contributed by atoms with E-state index in [4.69, 9.17) is 0 Å². The molecule has 0 heterocycles. The number of benzene rings is 1. The van der Waals surface area contributed by atoms with Crippen LogP contribution in [0.2, 0.25) is 0 Å². The molecule has 4 nitrogen and oxygen atoms in total. The van der Waals surface area contributed by atoms with Gasteiger partial charge in [0, 0.05) is 6.92 Å². The van der Waals surface area contributed by atoms with Crippen LogP contribution in [0.3, 0.4) is 0 Å². The van der Waals surface area contributed by atoms with Crippen LogP contribution in [0.4, 0.5) is 11.4 Å². The molecule has 1 aromatic carbocycles. The summed E-state index contributed by atoms with van der Waals surface area (Å²) in [5, 5.41) is 5.50. The minimum atomic E-state index is -0.203. The predicted molar refractivity (Wildman–Crippen MR) is 64.8 cm³/mol. The first-order chi connectivity index (χ1) is 7.67. The second kappa shape index (κ2) is 6.00. The summed E-state index contributed by atoms with van der Waals surface area (Å²) in [6, 6.07) is 5.37. The van der Waals surface area contributed by atoms with E-state index >= 15 is 0 Å². The number of carbonyl (C=O) groups is 1. The molecule has 0 unspecified atom stereocenters. The highest BCUT2D eigenvalue weighted by molar-refractivity contribution is 5.92. The maximum Gasteiger partial charge on any atom is 0.221 e. The number of nitrogens with zero attached hydrogens (tertiary/aromatic N) is 1. The van der Waals surface area contributed by atoms with Crippen molar-refractivity contribution in [1.82, 2.24) is 0 Å². The van der Waals surface area contributed by atoms with E-state index in [9.17, 15) is 9.70 Å². The van der Waals surface area contributed by atoms with Gasteiger partial charge in [0.05, 0.1) is 5.69 Å². The Balaban J connectivity index is 2.88. The summed E-state index contributed by atoms with van der Waals surface area (Å²) in [7, 11) is 0. The van der Waals surface area contributed by atoms with Crippen molar-refractivity contribution in [2.75, 3.05) is 5.32 Å². The predicted octanol–water partition coefficient (Wildman–Crippen LogP) is 3.39. The van der Waals surface area contributed by atoms with Gasteiger partial charge in [-0.15, -0.1) is 4.91 Å². The lowest BCUT2D eigenvalue weighted by molar-refractivity contribution is -0.114. The Hall–Kier alpha value is -1.71. The number of hydrogen-bond acceptors (Lipinski definition) is 3. The van der Waals surface area contributed by atoms with E-state index in [1.807, 2.05) is 6.07 Å². The minimum absolute atomic E-state index is 0.203. The lowest BCUT2D eigenvalue weighted by Gasteiger charge is -2.06. The third-order valence-corrected chi connectivity index (χ3v) is 2.29. The van der Waals surface area contributed by atoms with Crippen LogP contribution in [0.5, 0.6) is 0 Å². The van der Waals surface area contributed by atoms with Crippen molar-refractivity contribution in [2.45, 2.75) is 33.1 Å². The van der Waals surface area contributed by atoms with Gasteiger partial charge in [-0.1, -0.05) is 19.4 Å². The molecular formula is C12H16N2O2. The second-order valence-electron chi connectivity index (χ2n) is 3.73. The van der Waals surface area contributed by atoms with E-state index in [1.165, 1.54) is 6.92 Å². The first kappa shape index (κ1) is 12.4. The summed E-state index contributed by atoms with van der Waals surface area (Å²) >= 11 is 0. The molecular weight excluding hydrogens is 204 g/mol. The lowest BCUT2D eigenvalue weighted by atomic mass is 10.1. The van der Waals surface area contributed by atoms with Gasteiger partial charge in [-0.3, -0.25) is 4.79 Å². The molecule has 1 aromatic rings. The fourth-order valence-electron chi connectivity index (χ4n) is 1.48. The lowest BCUT2D eigenvalue weighted by Crippen LogP contribution is -2.05. The van der Waals surface area contributed by atoms with Gasteiger partial charge in [0.15, 0.2) is 0 Å². The highest BCUT2D eigenvalue weighted by Gasteiger charge is 2.05. The molecule has 0 bridgehead atoms. The zero-order chi connectivity index (χ0) is 12.0. The summed E-state index contributed by atoms with van der Waals surface area (Å²) in [6.07, 6.45) is 3.12. The van der Waals surface area contributed by atoms with E-state index in [-0.39, 0.29) is 5.91 Å². The van der Waals surface area contributed by atoms with Gasteiger partial charge < -0.3 is 5.32 Å². The summed E-state index contributed by atoms with van der Waals surface area (Å²) in [6.45, 7) is 3.52. The molecule has 0 saturated heterocycles. The number of carbonyl (C=O) groups excluding carboxylic acids is 1. The Morgan fingerprint density at radius 1 is 1.44 bits per heavy atom. The van der Waals surface area contributed by atoms with Crippen molar-refractivity contribution < 1.29 is 4.79 Å². The average molecular weight is 220 g/mol. The van der Waals surface area contributed by atoms with Crippen LogP contribution in [0, 0.1) is 4.91 Å². The first-order valence-electron chi connectivity index (χ1n) is 5.41. The zero-order valence-corrected chi connectivity index (χ0v) is 9.62. The van der Waals surface area contributed by atoms with Crippen molar-refractivity contribution in [3.05, 3.63) is 28.7 Å². The third-order valence-electron chi connectivity index (χ3n) is 2.29. The van der Waals surface area contributed by atoms with Crippen molar-refractivity contribution in [2.24, 2.45) is 5.18 Å². The molecule has 0 saturated carbocycles. The van der Waals surface area contributed by atoms with E-state index in [1.54, 1.807) is 12.1 Å². The standard InChI is InChI=1S/C12H16N2O2/c1-3-4-5-10-6-7-11(13-9(2)15)12(8-10)14-16/h6-8H,3-5H2,1-2H3,(H,13,15). The third kappa shape index (κ3) is 3.46. The van der Waals surface area contributed by atoms with Crippen LogP contribution in [-0.4, -0.2) is 5.91 Å². The molecule has 0 atom stereocenters. The normalized spacial score (nSPS) is 9.88. The maximum absolute atomic E-state index is 10.9. The summed E-state index contributed by atoms with van der Waals surface area (Å²) in [5.41, 5.74) is 1.84. The molecule has 0 aliphatic rings. The second-order valence-corrected chi connectivity index (χ2v) is 3.73. The van der Waals surface area contributed by atoms with Gasteiger partial charge in [0.1, 0.15) is 5.69 Å². The van der Waals surface area contributed by atoms with Crippen molar-refractivity contribution in [1.29, 1.82) is 0 Å². The molecule has 1 amide bonds. The fourth-order valence-corrected chi connectivity index (χ4v) is 1.48. The van der Waals surface area contributed by atoms with E-state index in [0.29, 0.717) is 11.4 Å². The Morgan fingerprint density at radius 2 is 2.19 bits per heavy atom. The number of amides is 1. The quantitative estimate of drug-likeness (QED) is 0.773. The Kier molecular flexibility index (Phi) is 4.64. The minimum Gasteiger partial charge on any atom is -0.324 e. The van der Waals surface area contributed by atoms with Crippen LogP contribution < -0.4 is 5.32 Å². The Labute approximate surface area is 95.0 Å². The number of anilines is 1. The van der Waals surface area contributed by atoms with Crippen LogP contribution >= 0.6 is 0 Å². The van der Waals surface area contributed by atoms with Crippen molar-refractivity contribution >= 4 is 17.3 Å². The number of unbranched alkanes of at least 4 members (excludes halogenated alkanes) is 1. The number of rotatable bonds is 5. The molecule has 0 fully saturated rings. The largest absolute Gasteiger partial charge is 0.324 e. The summed E-state index contributed by atoms with van der Waals surface area (Å²) in [5.74, 6) is -0.203. The highest BCUT2D eigenvalue weighted by atomic mass is 16.3. The molecule has 0 aromatic heterocycles. The Morgan fingerprint density at radius 3 is 2.75 bits per heavy atom. The molecule has 16 heavy (non-hydrogen) atoms. The molecule has 0 radical (unpaired) electrons. The topological polar surface area (TPSA) is 58.5 Å². The molecule has 0 aliphatic carbocycles. The monoisotopic (exact) mass is 220 g/mol. The molecule has 86 valence electrons. The molecule has 4 heteroatoms. The fraction of sp³-hybridized carbons (Fsp3) is 0.417. The van der Waals surface area contributed by atoms with Crippen LogP contribution in [0.1, 0.15) is 32.3 Å². The van der Waals surface area contributed by atoms with Gasteiger partial charge in [0.2, 0.25) is 5.91 Å². The van der Waals surface area contributed by atoms with Gasteiger partial charge in [0.25, 0.3) is 0 Å². The molecule has 0 aliphatic heterocycles. The highest BCUT2D eigenvalue weighted by Crippen LogP contribution is 2.26. The van der Waals surface area contributed by atoms with Gasteiger partial charge in [-0.25, -0.2) is 0 Å². The summed E-state index contributed by atoms with van der Waals surface area (Å²) in [4.78, 5) is 21.5. The average Bonchev–Trinajstić information content (AvgIpc) is 2.27. The van der Waals surface area contributed by atoms with Gasteiger partial charge >= 0.3 is 0 Å². The van der Waals surface area contributed by atoms with Crippen molar-refractivity contribution in [3.8, 4) is 0 Å². The number of nitrogens with one attached hydrogen (secondary N) is 1. The molecule has 1 rings (SSSR count). The van der Waals surface area contributed by atoms with E-state index in [2.05, 4.69) is 17.4 Å². The van der Waals surface area contributed by atoms with Gasteiger partial charge in [-0.05, 0) is 35.7 Å². The number of aryl methyl sites for hydroxylation is 1. The van der Waals surface area contributed by atoms with Crippen LogP contribution in [0.15, 0.2) is 23.4 Å². The zero-order valence-electron chi connectivity index (χ0n) is 9.62. The van der Waals surface area contributed by atoms with E-state index < -0.39 is 0 Å². The van der Waals surface area contributed by atoms with Crippen molar-refractivity contribution in [3.63, 3.8) is 0 Å². The maximum atomic E-state index is 10.9. The van der Waals surface area contributed by atoms with Crippen LogP contribution in [-0.2, 0) is 11.2 Å². The first-order valence-corrected chi connectivity index (χ1v) is 5.41.